The Morgan fingerprint density at radius 2 is 1.91 bits per heavy atom. The molecular weight excluding hydrogens is 294 g/mol. The normalized spacial score (nSPS) is 20.2. The maximum Gasteiger partial charge on any atom is 0.191 e. The molecule has 3 rings (SSSR count). The number of nitrogens with zero attached hydrogens (tertiary/aromatic N) is 1. The second kappa shape index (κ2) is 6.74. The molecule has 0 radical (unpaired) electrons. The van der Waals surface area contributed by atoms with Crippen LogP contribution in [0.3, 0.4) is 0 Å². The monoisotopic (exact) mass is 317 g/mol. The van der Waals surface area contributed by atoms with Crippen molar-refractivity contribution in [2.24, 2.45) is 4.99 Å². The van der Waals surface area contributed by atoms with Crippen molar-refractivity contribution in [3.8, 4) is 0 Å². The Labute approximate surface area is 137 Å². The Morgan fingerprint density at radius 3 is 2.50 bits per heavy atom. The van der Waals surface area contributed by atoms with Crippen LogP contribution in [0.15, 0.2) is 41.4 Å². The maximum atomic E-state index is 5.99. The van der Waals surface area contributed by atoms with E-state index < -0.39 is 0 Å². The Kier molecular flexibility index (Phi) is 4.72. The first-order chi connectivity index (χ1) is 10.7. The summed E-state index contributed by atoms with van der Waals surface area (Å²) in [6.45, 7) is 3.83. The van der Waals surface area contributed by atoms with Crippen LogP contribution in [0.25, 0.3) is 0 Å². The Balaban J connectivity index is 1.65. The Morgan fingerprint density at radius 1 is 1.23 bits per heavy atom. The van der Waals surface area contributed by atoms with Crippen molar-refractivity contribution in [2.45, 2.75) is 44.1 Å². The second-order valence-corrected chi connectivity index (χ2v) is 6.70. The highest BCUT2D eigenvalue weighted by Gasteiger charge is 2.44. The molecule has 1 saturated carbocycles. The number of guanidine groups is 1. The summed E-state index contributed by atoms with van der Waals surface area (Å²) in [6, 6.07) is 8.74. The van der Waals surface area contributed by atoms with E-state index in [9.17, 15) is 0 Å². The zero-order valence-electron chi connectivity index (χ0n) is 13.1. The van der Waals surface area contributed by atoms with E-state index in [4.69, 9.17) is 16.6 Å². The standard InChI is InChI=1S/C18H24ClN3/c1-2-20-17(22-16-5-3-4-6-16)21-13-18(11-12-18)14-7-9-15(19)10-8-14/h3-4,7-10,16H,2,5-6,11-13H2,1H3,(H2,20,21,22). The zero-order chi connectivity index (χ0) is 15.4. The number of halogens is 1. The van der Waals surface area contributed by atoms with Gasteiger partial charge in [-0.2, -0.15) is 0 Å². The third kappa shape index (κ3) is 3.64. The second-order valence-electron chi connectivity index (χ2n) is 6.27. The van der Waals surface area contributed by atoms with Gasteiger partial charge in [0.2, 0.25) is 0 Å². The first-order valence-corrected chi connectivity index (χ1v) is 8.55. The number of nitrogens with one attached hydrogen (secondary N) is 2. The van der Waals surface area contributed by atoms with E-state index in [1.165, 1.54) is 18.4 Å². The summed E-state index contributed by atoms with van der Waals surface area (Å²) in [4.78, 5) is 4.84. The summed E-state index contributed by atoms with van der Waals surface area (Å²) in [5.41, 5.74) is 1.58. The van der Waals surface area contributed by atoms with Crippen molar-refractivity contribution in [2.75, 3.05) is 13.1 Å². The van der Waals surface area contributed by atoms with E-state index in [0.717, 1.165) is 36.9 Å². The van der Waals surface area contributed by atoms with Gasteiger partial charge in [-0.1, -0.05) is 35.9 Å². The molecule has 118 valence electrons. The molecule has 2 aliphatic rings. The molecule has 0 saturated heterocycles. The van der Waals surface area contributed by atoms with Gasteiger partial charge in [0.25, 0.3) is 0 Å². The molecule has 0 amide bonds. The van der Waals surface area contributed by atoms with Gasteiger partial charge in [-0.3, -0.25) is 4.99 Å². The Bertz CT molecular complexity index is 550. The molecule has 2 aliphatic carbocycles. The zero-order valence-corrected chi connectivity index (χ0v) is 13.9. The highest BCUT2D eigenvalue weighted by atomic mass is 35.5. The smallest absolute Gasteiger partial charge is 0.191 e. The summed E-state index contributed by atoms with van der Waals surface area (Å²) in [5.74, 6) is 0.941. The van der Waals surface area contributed by atoms with E-state index in [0.29, 0.717) is 6.04 Å². The van der Waals surface area contributed by atoms with E-state index in [1.54, 1.807) is 0 Å². The van der Waals surface area contributed by atoms with Crippen molar-refractivity contribution in [1.82, 2.24) is 10.6 Å². The molecule has 0 aromatic heterocycles. The molecule has 0 heterocycles. The molecule has 22 heavy (non-hydrogen) atoms. The first kappa shape index (κ1) is 15.4. The fourth-order valence-corrected chi connectivity index (χ4v) is 3.10. The molecule has 0 unspecified atom stereocenters. The average Bonchev–Trinajstić information content (AvgIpc) is 3.14. The number of benzene rings is 1. The molecule has 3 nitrogen and oxygen atoms in total. The minimum Gasteiger partial charge on any atom is -0.357 e. The van der Waals surface area contributed by atoms with E-state index in [-0.39, 0.29) is 5.41 Å². The highest BCUT2D eigenvalue weighted by molar-refractivity contribution is 6.30. The van der Waals surface area contributed by atoms with Crippen LogP contribution < -0.4 is 10.6 Å². The predicted octanol–water partition coefficient (Wildman–Crippen LogP) is 3.65. The molecule has 1 aromatic rings. The molecule has 0 bridgehead atoms. The van der Waals surface area contributed by atoms with Gasteiger partial charge in [-0.05, 0) is 50.3 Å². The maximum absolute atomic E-state index is 5.99. The predicted molar refractivity (Wildman–Crippen MR) is 93.6 cm³/mol. The van der Waals surface area contributed by atoms with Gasteiger partial charge < -0.3 is 10.6 Å². The van der Waals surface area contributed by atoms with Crippen LogP contribution in [-0.4, -0.2) is 25.1 Å². The summed E-state index contributed by atoms with van der Waals surface area (Å²) in [6.07, 6.45) is 9.07. The third-order valence-electron chi connectivity index (χ3n) is 4.54. The lowest BCUT2D eigenvalue weighted by atomic mass is 9.96. The quantitative estimate of drug-likeness (QED) is 0.494. The topological polar surface area (TPSA) is 36.4 Å². The number of hydrogen-bond acceptors (Lipinski definition) is 1. The van der Waals surface area contributed by atoms with Crippen LogP contribution in [0.1, 0.15) is 38.2 Å². The molecule has 0 aliphatic heterocycles. The van der Waals surface area contributed by atoms with Crippen LogP contribution in [0.4, 0.5) is 0 Å². The molecule has 2 N–H and O–H groups in total. The summed E-state index contributed by atoms with van der Waals surface area (Å²) in [7, 11) is 0. The average molecular weight is 318 g/mol. The largest absolute Gasteiger partial charge is 0.357 e. The van der Waals surface area contributed by atoms with Gasteiger partial charge in [0.15, 0.2) is 5.96 Å². The lowest BCUT2D eigenvalue weighted by Crippen LogP contribution is -2.42. The molecule has 1 fully saturated rings. The fourth-order valence-electron chi connectivity index (χ4n) is 2.97. The fraction of sp³-hybridized carbons (Fsp3) is 0.500. The van der Waals surface area contributed by atoms with Crippen molar-refractivity contribution >= 4 is 17.6 Å². The van der Waals surface area contributed by atoms with Gasteiger partial charge in [0.1, 0.15) is 0 Å². The van der Waals surface area contributed by atoms with Gasteiger partial charge in [0, 0.05) is 23.0 Å². The highest BCUT2D eigenvalue weighted by Crippen LogP contribution is 2.48. The van der Waals surface area contributed by atoms with E-state index in [1.807, 2.05) is 12.1 Å². The van der Waals surface area contributed by atoms with Crippen molar-refractivity contribution in [3.63, 3.8) is 0 Å². The summed E-state index contributed by atoms with van der Waals surface area (Å²) >= 11 is 5.99. The molecular formula is C18H24ClN3. The molecule has 0 atom stereocenters. The number of rotatable bonds is 5. The van der Waals surface area contributed by atoms with Crippen LogP contribution >= 0.6 is 11.6 Å². The van der Waals surface area contributed by atoms with Crippen LogP contribution in [0.2, 0.25) is 5.02 Å². The van der Waals surface area contributed by atoms with Crippen molar-refractivity contribution in [3.05, 3.63) is 47.0 Å². The van der Waals surface area contributed by atoms with Crippen molar-refractivity contribution < 1.29 is 0 Å². The lowest BCUT2D eigenvalue weighted by molar-refractivity contribution is 0.625. The van der Waals surface area contributed by atoms with Gasteiger partial charge in [-0.15, -0.1) is 0 Å². The van der Waals surface area contributed by atoms with Crippen LogP contribution in [0, 0.1) is 0 Å². The Hall–Kier alpha value is -1.48. The molecule has 0 spiro atoms. The van der Waals surface area contributed by atoms with Crippen LogP contribution in [0.5, 0.6) is 0 Å². The first-order valence-electron chi connectivity index (χ1n) is 8.18. The minimum atomic E-state index is 0.223. The number of aliphatic imine (C=N–C) groups is 1. The molecule has 1 aromatic carbocycles. The van der Waals surface area contributed by atoms with Gasteiger partial charge in [0.05, 0.1) is 6.54 Å². The lowest BCUT2D eigenvalue weighted by Gasteiger charge is -2.19. The summed E-state index contributed by atoms with van der Waals surface area (Å²) < 4.78 is 0. The van der Waals surface area contributed by atoms with Crippen LogP contribution in [-0.2, 0) is 5.41 Å². The van der Waals surface area contributed by atoms with E-state index >= 15 is 0 Å². The number of hydrogen-bond donors (Lipinski definition) is 2. The van der Waals surface area contributed by atoms with Gasteiger partial charge in [-0.25, -0.2) is 0 Å². The SMILES string of the molecule is CCNC(=NCC1(c2ccc(Cl)cc2)CC1)NC1CC=CC1. The van der Waals surface area contributed by atoms with E-state index in [2.05, 4.69) is 41.8 Å². The third-order valence-corrected chi connectivity index (χ3v) is 4.79. The summed E-state index contributed by atoms with van der Waals surface area (Å²) in [5, 5.41) is 7.69. The molecule has 4 heteroatoms. The van der Waals surface area contributed by atoms with Crippen molar-refractivity contribution in [1.29, 1.82) is 0 Å². The minimum absolute atomic E-state index is 0.223. The van der Waals surface area contributed by atoms with Gasteiger partial charge >= 0.3 is 0 Å².